The van der Waals surface area contributed by atoms with Gasteiger partial charge in [-0.1, -0.05) is 35.9 Å². The molecule has 4 aromatic rings. The second-order valence-electron chi connectivity index (χ2n) is 8.36. The highest BCUT2D eigenvalue weighted by molar-refractivity contribution is 7.10. The lowest BCUT2D eigenvalue weighted by molar-refractivity contribution is -0.131. The van der Waals surface area contributed by atoms with Crippen LogP contribution in [-0.4, -0.2) is 39.8 Å². The molecule has 1 fully saturated rings. The topological polar surface area (TPSA) is 75.2 Å². The van der Waals surface area contributed by atoms with Crippen molar-refractivity contribution in [2.45, 2.75) is 25.2 Å². The molecule has 0 atom stereocenters. The molecule has 1 N–H and O–H groups in total. The molecule has 1 aliphatic heterocycles. The lowest BCUT2D eigenvalue weighted by Gasteiger charge is -2.31. The molecular weight excluding hydrogens is 468 g/mol. The SMILES string of the molecule is O=C(Nc1ccc2ncccc2c1)c1csc(C2CCN(C(=O)Cc3ccccc3Cl)CC2)n1. The molecule has 6 nitrogen and oxygen atoms in total. The van der Waals surface area contributed by atoms with E-state index in [1.165, 1.54) is 11.3 Å². The first kappa shape index (κ1) is 22.5. The fraction of sp³-hybridized carbons (Fsp3) is 0.231. The lowest BCUT2D eigenvalue weighted by atomic mass is 9.97. The number of piperidine rings is 1. The molecule has 3 heterocycles. The highest BCUT2D eigenvalue weighted by atomic mass is 35.5. The van der Waals surface area contributed by atoms with Gasteiger partial charge >= 0.3 is 0 Å². The van der Waals surface area contributed by atoms with E-state index in [-0.39, 0.29) is 17.7 Å². The second kappa shape index (κ2) is 9.91. The zero-order chi connectivity index (χ0) is 23.5. The van der Waals surface area contributed by atoms with E-state index in [4.69, 9.17) is 11.6 Å². The third-order valence-corrected chi connectivity index (χ3v) is 7.49. The maximum atomic E-state index is 12.7. The number of hydrogen-bond acceptors (Lipinski definition) is 5. The molecule has 1 aliphatic rings. The van der Waals surface area contributed by atoms with Crippen molar-refractivity contribution < 1.29 is 9.59 Å². The first-order valence-corrected chi connectivity index (χ1v) is 12.5. The molecule has 172 valence electrons. The molecular formula is C26H23ClN4O2S. The molecule has 0 unspecified atom stereocenters. The number of nitrogens with zero attached hydrogens (tertiary/aromatic N) is 3. The van der Waals surface area contributed by atoms with Crippen molar-refractivity contribution in [1.29, 1.82) is 0 Å². The summed E-state index contributed by atoms with van der Waals surface area (Å²) in [6.45, 7) is 1.36. The molecule has 2 aromatic heterocycles. The number of benzene rings is 2. The summed E-state index contributed by atoms with van der Waals surface area (Å²) in [7, 11) is 0. The molecule has 0 aliphatic carbocycles. The minimum absolute atomic E-state index is 0.0938. The monoisotopic (exact) mass is 490 g/mol. The number of rotatable bonds is 5. The molecule has 5 rings (SSSR count). The predicted octanol–water partition coefficient (Wildman–Crippen LogP) is 5.55. The van der Waals surface area contributed by atoms with Crippen LogP contribution in [0.25, 0.3) is 10.9 Å². The van der Waals surface area contributed by atoms with Crippen molar-refractivity contribution in [1.82, 2.24) is 14.9 Å². The van der Waals surface area contributed by atoms with Crippen molar-refractivity contribution in [3.05, 3.63) is 87.5 Å². The smallest absolute Gasteiger partial charge is 0.275 e. The number of fused-ring (bicyclic) bond motifs is 1. The summed E-state index contributed by atoms with van der Waals surface area (Å²) in [6, 6.07) is 16.9. The van der Waals surface area contributed by atoms with E-state index >= 15 is 0 Å². The van der Waals surface area contributed by atoms with Gasteiger partial charge in [0.25, 0.3) is 5.91 Å². The minimum atomic E-state index is -0.224. The molecule has 0 saturated carbocycles. The average molecular weight is 491 g/mol. The Bertz CT molecular complexity index is 1350. The Labute approximate surface area is 206 Å². The lowest BCUT2D eigenvalue weighted by Crippen LogP contribution is -2.38. The van der Waals surface area contributed by atoms with Crippen LogP contribution in [0.1, 0.15) is 39.8 Å². The van der Waals surface area contributed by atoms with Crippen LogP contribution in [0.3, 0.4) is 0 Å². The summed E-state index contributed by atoms with van der Waals surface area (Å²) in [5.74, 6) is 0.122. The van der Waals surface area contributed by atoms with Gasteiger partial charge in [0.2, 0.25) is 5.91 Å². The summed E-state index contributed by atoms with van der Waals surface area (Å²) in [5.41, 5.74) is 2.87. The van der Waals surface area contributed by atoms with E-state index in [9.17, 15) is 9.59 Å². The van der Waals surface area contributed by atoms with Gasteiger partial charge in [-0.2, -0.15) is 0 Å². The minimum Gasteiger partial charge on any atom is -0.342 e. The van der Waals surface area contributed by atoms with Gasteiger partial charge in [-0.3, -0.25) is 14.6 Å². The van der Waals surface area contributed by atoms with Crippen LogP contribution in [0.5, 0.6) is 0 Å². The van der Waals surface area contributed by atoms with Crippen LogP contribution < -0.4 is 5.32 Å². The highest BCUT2D eigenvalue weighted by Gasteiger charge is 2.26. The summed E-state index contributed by atoms with van der Waals surface area (Å²) in [5, 5.41) is 7.28. The van der Waals surface area contributed by atoms with Crippen LogP contribution >= 0.6 is 22.9 Å². The Morgan fingerprint density at radius 1 is 1.09 bits per heavy atom. The van der Waals surface area contributed by atoms with Gasteiger partial charge < -0.3 is 10.2 Å². The van der Waals surface area contributed by atoms with Crippen molar-refractivity contribution in [2.24, 2.45) is 0 Å². The molecule has 2 aromatic carbocycles. The molecule has 8 heteroatoms. The van der Waals surface area contributed by atoms with Crippen LogP contribution in [0.4, 0.5) is 5.69 Å². The maximum Gasteiger partial charge on any atom is 0.275 e. The Morgan fingerprint density at radius 3 is 2.74 bits per heavy atom. The number of nitrogens with one attached hydrogen (secondary N) is 1. The van der Waals surface area contributed by atoms with Gasteiger partial charge in [0.1, 0.15) is 5.69 Å². The van der Waals surface area contributed by atoms with Gasteiger partial charge in [-0.05, 0) is 48.7 Å². The molecule has 0 bridgehead atoms. The average Bonchev–Trinajstić information content (AvgIpc) is 3.36. The van der Waals surface area contributed by atoms with Crippen molar-refractivity contribution >= 4 is 51.3 Å². The first-order chi connectivity index (χ1) is 16.6. The van der Waals surface area contributed by atoms with Gasteiger partial charge in [-0.15, -0.1) is 11.3 Å². The standard InChI is InChI=1S/C26H23ClN4O2S/c27-21-6-2-1-4-18(21)15-24(32)31-12-9-17(10-13-31)26-30-23(16-34-26)25(33)29-20-7-8-22-19(14-20)5-3-11-28-22/h1-8,11,14,16-17H,9-10,12-13,15H2,(H,29,33). The van der Waals surface area contributed by atoms with Crippen LogP contribution in [-0.2, 0) is 11.2 Å². The van der Waals surface area contributed by atoms with E-state index < -0.39 is 0 Å². The van der Waals surface area contributed by atoms with Gasteiger partial charge in [0.05, 0.1) is 16.9 Å². The largest absolute Gasteiger partial charge is 0.342 e. The van der Waals surface area contributed by atoms with Crippen LogP contribution in [0, 0.1) is 0 Å². The Morgan fingerprint density at radius 2 is 1.91 bits per heavy atom. The fourth-order valence-electron chi connectivity index (χ4n) is 4.22. The number of hydrogen-bond donors (Lipinski definition) is 1. The Balaban J connectivity index is 1.17. The van der Waals surface area contributed by atoms with Gasteiger partial charge in [-0.25, -0.2) is 4.98 Å². The van der Waals surface area contributed by atoms with Gasteiger partial charge in [0.15, 0.2) is 0 Å². The van der Waals surface area contributed by atoms with Crippen molar-refractivity contribution in [3.8, 4) is 0 Å². The molecule has 34 heavy (non-hydrogen) atoms. The predicted molar refractivity (Wildman–Crippen MR) is 136 cm³/mol. The van der Waals surface area contributed by atoms with E-state index in [0.717, 1.165) is 34.3 Å². The highest BCUT2D eigenvalue weighted by Crippen LogP contribution is 2.31. The first-order valence-electron chi connectivity index (χ1n) is 11.2. The number of anilines is 1. The van der Waals surface area contributed by atoms with E-state index in [1.807, 2.05) is 64.9 Å². The van der Waals surface area contributed by atoms with Crippen LogP contribution in [0.15, 0.2) is 66.2 Å². The number of carbonyl (C=O) groups is 2. The zero-order valence-electron chi connectivity index (χ0n) is 18.4. The van der Waals surface area contributed by atoms with Crippen molar-refractivity contribution in [3.63, 3.8) is 0 Å². The third-order valence-electron chi connectivity index (χ3n) is 6.11. The molecule has 0 spiro atoms. The Kier molecular flexibility index (Phi) is 6.56. The maximum absolute atomic E-state index is 12.7. The van der Waals surface area contributed by atoms with Crippen molar-refractivity contribution in [2.75, 3.05) is 18.4 Å². The Hall–Kier alpha value is -3.29. The number of aromatic nitrogens is 2. The fourth-order valence-corrected chi connectivity index (χ4v) is 5.39. The number of halogens is 1. The molecule has 1 saturated heterocycles. The summed E-state index contributed by atoms with van der Waals surface area (Å²) in [4.78, 5) is 36.3. The summed E-state index contributed by atoms with van der Waals surface area (Å²) >= 11 is 7.71. The molecule has 2 amide bonds. The number of pyridine rings is 1. The quantitative estimate of drug-likeness (QED) is 0.398. The zero-order valence-corrected chi connectivity index (χ0v) is 20.0. The second-order valence-corrected chi connectivity index (χ2v) is 9.66. The van der Waals surface area contributed by atoms with E-state index in [2.05, 4.69) is 15.3 Å². The van der Waals surface area contributed by atoms with E-state index in [1.54, 1.807) is 6.20 Å². The summed E-state index contributed by atoms with van der Waals surface area (Å²) < 4.78 is 0. The van der Waals surface area contributed by atoms with Crippen LogP contribution in [0.2, 0.25) is 5.02 Å². The number of amides is 2. The normalized spacial score (nSPS) is 14.3. The molecule has 0 radical (unpaired) electrons. The number of carbonyl (C=O) groups excluding carboxylic acids is 2. The van der Waals surface area contributed by atoms with E-state index in [0.29, 0.717) is 35.9 Å². The number of thiazole rings is 1. The van der Waals surface area contributed by atoms with Gasteiger partial charge in [0, 0.05) is 46.7 Å². The summed E-state index contributed by atoms with van der Waals surface area (Å²) in [6.07, 6.45) is 3.73. The third kappa shape index (κ3) is 4.95. The number of likely N-dealkylation sites (tertiary alicyclic amines) is 1.